The van der Waals surface area contributed by atoms with Crippen LogP contribution in [0.4, 0.5) is 10.1 Å². The molecule has 0 heterocycles. The minimum atomic E-state index is -3.52. The molecule has 0 fully saturated rings. The van der Waals surface area contributed by atoms with Gasteiger partial charge < -0.3 is 10.2 Å². The molecule has 0 saturated carbocycles. The zero-order valence-electron chi connectivity index (χ0n) is 17.1. The van der Waals surface area contributed by atoms with Crippen LogP contribution in [0.5, 0.6) is 0 Å². The van der Waals surface area contributed by atoms with Crippen molar-refractivity contribution in [1.82, 2.24) is 4.31 Å². The maximum atomic E-state index is 13.0. The van der Waals surface area contributed by atoms with Gasteiger partial charge in [-0.25, -0.2) is 17.1 Å². The van der Waals surface area contributed by atoms with Gasteiger partial charge in [-0.15, -0.1) is 0 Å². The molecule has 2 aromatic carbocycles. The summed E-state index contributed by atoms with van der Waals surface area (Å²) < 4.78 is 39.4. The first-order valence-electron chi connectivity index (χ1n) is 9.64. The van der Waals surface area contributed by atoms with E-state index in [0.717, 1.165) is 23.3 Å². The Balaban J connectivity index is 1.91. The number of quaternary nitrogens is 1. The van der Waals surface area contributed by atoms with Crippen molar-refractivity contribution in [2.24, 2.45) is 0 Å². The van der Waals surface area contributed by atoms with Crippen molar-refractivity contribution >= 4 is 21.6 Å². The van der Waals surface area contributed by atoms with Crippen LogP contribution in [-0.4, -0.2) is 45.8 Å². The molecule has 0 spiro atoms. The van der Waals surface area contributed by atoms with E-state index in [1.807, 2.05) is 14.0 Å². The summed E-state index contributed by atoms with van der Waals surface area (Å²) in [6.07, 6.45) is 1.72. The van der Waals surface area contributed by atoms with Crippen molar-refractivity contribution in [2.45, 2.75) is 31.2 Å². The second-order valence-corrected chi connectivity index (χ2v) is 9.23. The van der Waals surface area contributed by atoms with E-state index in [1.165, 1.54) is 28.6 Å². The van der Waals surface area contributed by atoms with Gasteiger partial charge in [0.2, 0.25) is 10.0 Å². The van der Waals surface area contributed by atoms with Crippen molar-refractivity contribution in [3.8, 4) is 0 Å². The Morgan fingerprint density at radius 1 is 1.10 bits per heavy atom. The standard InChI is InChI=1S/C21H28FN3O3S/c1-4-5-14-25(3)29(27,28)20-12-10-19(11-13-20)23-21(26)16-24(2)15-17-6-8-18(22)9-7-17/h6-13H,4-5,14-16H2,1-3H3,(H,23,26)/p+1. The van der Waals surface area contributed by atoms with Crippen LogP contribution in [-0.2, 0) is 21.4 Å². The fraction of sp³-hybridized carbons (Fsp3) is 0.381. The number of amides is 1. The molecule has 29 heavy (non-hydrogen) atoms. The third-order valence-corrected chi connectivity index (χ3v) is 6.43. The molecular weight excluding hydrogens is 393 g/mol. The van der Waals surface area contributed by atoms with Gasteiger partial charge in [0.1, 0.15) is 12.4 Å². The van der Waals surface area contributed by atoms with Gasteiger partial charge >= 0.3 is 0 Å². The number of anilines is 1. The summed E-state index contributed by atoms with van der Waals surface area (Å²) in [5.74, 6) is -0.466. The summed E-state index contributed by atoms with van der Waals surface area (Å²) >= 11 is 0. The molecule has 2 rings (SSSR count). The molecule has 2 N–H and O–H groups in total. The largest absolute Gasteiger partial charge is 0.326 e. The van der Waals surface area contributed by atoms with Gasteiger partial charge in [-0.05, 0) is 42.8 Å². The van der Waals surface area contributed by atoms with Crippen molar-refractivity contribution in [2.75, 3.05) is 32.5 Å². The highest BCUT2D eigenvalue weighted by Crippen LogP contribution is 2.17. The van der Waals surface area contributed by atoms with E-state index < -0.39 is 10.0 Å². The van der Waals surface area contributed by atoms with E-state index in [2.05, 4.69) is 5.32 Å². The summed E-state index contributed by atoms with van der Waals surface area (Å²) in [5, 5.41) is 2.78. The Bertz CT molecular complexity index is 900. The van der Waals surface area contributed by atoms with Gasteiger partial charge in [-0.2, -0.15) is 0 Å². The number of benzene rings is 2. The smallest absolute Gasteiger partial charge is 0.279 e. The van der Waals surface area contributed by atoms with Gasteiger partial charge in [-0.3, -0.25) is 4.79 Å². The van der Waals surface area contributed by atoms with E-state index in [9.17, 15) is 17.6 Å². The van der Waals surface area contributed by atoms with E-state index in [4.69, 9.17) is 0 Å². The van der Waals surface area contributed by atoms with E-state index >= 15 is 0 Å². The number of rotatable bonds is 10. The number of hydrogen-bond acceptors (Lipinski definition) is 3. The molecule has 2 aromatic rings. The van der Waals surface area contributed by atoms with E-state index in [-0.39, 0.29) is 23.2 Å². The highest BCUT2D eigenvalue weighted by Gasteiger charge is 2.20. The minimum Gasteiger partial charge on any atom is -0.326 e. The van der Waals surface area contributed by atoms with Crippen LogP contribution < -0.4 is 10.2 Å². The number of likely N-dealkylation sites (N-methyl/N-ethyl adjacent to an activating group) is 1. The van der Waals surface area contributed by atoms with Crippen LogP contribution in [0.25, 0.3) is 0 Å². The van der Waals surface area contributed by atoms with E-state index in [1.54, 1.807) is 31.3 Å². The topological polar surface area (TPSA) is 70.9 Å². The van der Waals surface area contributed by atoms with Crippen molar-refractivity contribution in [3.63, 3.8) is 0 Å². The van der Waals surface area contributed by atoms with Crippen LogP contribution in [0.15, 0.2) is 53.4 Å². The molecule has 158 valence electrons. The molecule has 0 aliphatic carbocycles. The third-order valence-electron chi connectivity index (χ3n) is 4.55. The highest BCUT2D eigenvalue weighted by atomic mass is 32.2. The lowest BCUT2D eigenvalue weighted by Gasteiger charge is -2.17. The van der Waals surface area contributed by atoms with Gasteiger partial charge in [0.25, 0.3) is 5.91 Å². The molecule has 0 radical (unpaired) electrons. The molecule has 1 unspecified atom stereocenters. The second kappa shape index (κ2) is 10.5. The first kappa shape index (κ1) is 23.0. The lowest BCUT2D eigenvalue weighted by Crippen LogP contribution is -3.08. The maximum Gasteiger partial charge on any atom is 0.279 e. The fourth-order valence-corrected chi connectivity index (χ4v) is 4.09. The first-order valence-corrected chi connectivity index (χ1v) is 11.1. The number of halogens is 1. The average molecular weight is 423 g/mol. The summed E-state index contributed by atoms with van der Waals surface area (Å²) in [5.41, 5.74) is 1.48. The molecule has 6 nitrogen and oxygen atoms in total. The number of carbonyl (C=O) groups excluding carboxylic acids is 1. The molecular formula is C21H29FN3O3S+. The predicted octanol–water partition coefficient (Wildman–Crippen LogP) is 1.90. The summed E-state index contributed by atoms with van der Waals surface area (Å²) in [4.78, 5) is 13.4. The zero-order chi connectivity index (χ0) is 21.4. The molecule has 0 aliphatic rings. The van der Waals surface area contributed by atoms with E-state index in [0.29, 0.717) is 18.8 Å². The van der Waals surface area contributed by atoms with Crippen LogP contribution in [0, 0.1) is 5.82 Å². The van der Waals surface area contributed by atoms with Crippen LogP contribution >= 0.6 is 0 Å². The quantitative estimate of drug-likeness (QED) is 0.614. The Hall–Kier alpha value is -2.29. The number of hydrogen-bond donors (Lipinski definition) is 2. The molecule has 1 amide bonds. The monoisotopic (exact) mass is 422 g/mol. The molecule has 0 aliphatic heterocycles. The molecule has 8 heteroatoms. The molecule has 0 aromatic heterocycles. The van der Waals surface area contributed by atoms with Gasteiger partial charge in [0.15, 0.2) is 6.54 Å². The van der Waals surface area contributed by atoms with Crippen molar-refractivity contribution < 1.29 is 22.5 Å². The number of nitrogens with one attached hydrogen (secondary N) is 2. The summed E-state index contributed by atoms with van der Waals surface area (Å²) in [6.45, 7) is 3.31. The lowest BCUT2D eigenvalue weighted by molar-refractivity contribution is -0.885. The number of nitrogens with zero attached hydrogens (tertiary/aromatic N) is 1. The third kappa shape index (κ3) is 6.92. The highest BCUT2D eigenvalue weighted by molar-refractivity contribution is 7.89. The predicted molar refractivity (Wildman–Crippen MR) is 112 cm³/mol. The first-order chi connectivity index (χ1) is 13.7. The SMILES string of the molecule is CCCCN(C)S(=O)(=O)c1ccc(NC(=O)C[NH+](C)Cc2ccc(F)cc2)cc1. The normalized spacial score (nSPS) is 12.7. The van der Waals surface area contributed by atoms with Gasteiger partial charge in [0.05, 0.1) is 11.9 Å². The van der Waals surface area contributed by atoms with Crippen LogP contribution in [0.2, 0.25) is 0 Å². The minimum absolute atomic E-state index is 0.180. The maximum absolute atomic E-state index is 13.0. The van der Waals surface area contributed by atoms with Crippen molar-refractivity contribution in [1.29, 1.82) is 0 Å². The zero-order valence-corrected chi connectivity index (χ0v) is 17.9. The average Bonchev–Trinajstić information content (AvgIpc) is 2.68. The Morgan fingerprint density at radius 3 is 2.31 bits per heavy atom. The fourth-order valence-electron chi connectivity index (χ4n) is 2.88. The van der Waals surface area contributed by atoms with Crippen LogP contribution in [0.3, 0.4) is 0 Å². The molecule has 0 bridgehead atoms. The molecule has 1 atom stereocenters. The van der Waals surface area contributed by atoms with Gasteiger partial charge in [0, 0.05) is 24.8 Å². The Labute approximate surface area is 172 Å². The Morgan fingerprint density at radius 2 is 1.72 bits per heavy atom. The summed E-state index contributed by atoms with van der Waals surface area (Å²) in [7, 11) is -0.0737. The Kier molecular flexibility index (Phi) is 8.31. The van der Waals surface area contributed by atoms with Crippen molar-refractivity contribution in [3.05, 3.63) is 59.9 Å². The lowest BCUT2D eigenvalue weighted by atomic mass is 10.2. The number of unbranched alkanes of at least 4 members (excludes halogenated alkanes) is 1. The molecule has 0 saturated heterocycles. The van der Waals surface area contributed by atoms with Crippen LogP contribution in [0.1, 0.15) is 25.3 Å². The number of carbonyl (C=O) groups is 1. The van der Waals surface area contributed by atoms with Gasteiger partial charge in [-0.1, -0.05) is 25.5 Å². The summed E-state index contributed by atoms with van der Waals surface area (Å²) in [6, 6.07) is 12.4. The second-order valence-electron chi connectivity index (χ2n) is 7.19. The number of sulfonamides is 1.